The van der Waals surface area contributed by atoms with E-state index in [0.717, 1.165) is 11.3 Å². The summed E-state index contributed by atoms with van der Waals surface area (Å²) in [5, 5.41) is 0. The zero-order valence-corrected chi connectivity index (χ0v) is 14.3. The fraction of sp³-hybridized carbons (Fsp3) is 0.438. The molecule has 1 aromatic heterocycles. The minimum absolute atomic E-state index is 0.239. The smallest absolute Gasteiger partial charge is 0.207 e. The fourth-order valence-electron chi connectivity index (χ4n) is 2.06. The molecule has 0 bridgehead atoms. The molecule has 1 atom stereocenters. The topological polar surface area (TPSA) is 61.6 Å². The highest BCUT2D eigenvalue weighted by Crippen LogP contribution is 2.32. The first-order valence-corrected chi connectivity index (χ1v) is 8.33. The molecule has 120 valence electrons. The molecule has 0 amide bonds. The Balaban J connectivity index is 2.25. The van der Waals surface area contributed by atoms with Crippen molar-refractivity contribution >= 4 is 10.8 Å². The van der Waals surface area contributed by atoms with Crippen LogP contribution in [0.3, 0.4) is 0 Å². The van der Waals surface area contributed by atoms with Gasteiger partial charge >= 0.3 is 0 Å². The summed E-state index contributed by atoms with van der Waals surface area (Å²) in [5.74, 6) is 2.97. The van der Waals surface area contributed by atoms with Crippen LogP contribution in [0.4, 0.5) is 0 Å². The lowest BCUT2D eigenvalue weighted by molar-refractivity contribution is 0.353. The molecule has 0 aliphatic carbocycles. The van der Waals surface area contributed by atoms with Gasteiger partial charge in [-0.25, -0.2) is 4.98 Å². The molecule has 1 unspecified atom stereocenters. The number of hydrogen-bond donors (Lipinski definition) is 0. The second-order valence-electron chi connectivity index (χ2n) is 5.27. The zero-order chi connectivity index (χ0) is 16.3. The van der Waals surface area contributed by atoms with Gasteiger partial charge in [-0.05, 0) is 18.6 Å². The van der Waals surface area contributed by atoms with Gasteiger partial charge in [0.05, 0.1) is 31.2 Å². The van der Waals surface area contributed by atoms with Crippen LogP contribution in [-0.4, -0.2) is 23.4 Å². The van der Waals surface area contributed by atoms with Gasteiger partial charge in [-0.15, -0.1) is 0 Å². The Kier molecular flexibility index (Phi) is 5.24. The van der Waals surface area contributed by atoms with E-state index in [9.17, 15) is 4.21 Å². The predicted octanol–water partition coefficient (Wildman–Crippen LogP) is 3.43. The summed E-state index contributed by atoms with van der Waals surface area (Å²) in [6.07, 6.45) is 1.69. The molecule has 2 rings (SSSR count). The highest BCUT2D eigenvalue weighted by Gasteiger charge is 2.16. The second-order valence-corrected chi connectivity index (χ2v) is 6.69. The van der Waals surface area contributed by atoms with E-state index in [1.165, 1.54) is 0 Å². The van der Waals surface area contributed by atoms with E-state index in [1.54, 1.807) is 26.5 Å². The van der Waals surface area contributed by atoms with Crippen molar-refractivity contribution < 1.29 is 18.1 Å². The van der Waals surface area contributed by atoms with E-state index in [2.05, 4.69) is 4.98 Å². The molecular formula is C16H21NO4S. The Hall–Kier alpha value is -1.82. The van der Waals surface area contributed by atoms with Crippen LogP contribution in [0.1, 0.15) is 37.0 Å². The van der Waals surface area contributed by atoms with Crippen LogP contribution in [0.2, 0.25) is 0 Å². The van der Waals surface area contributed by atoms with Crippen LogP contribution < -0.4 is 9.47 Å². The highest BCUT2D eigenvalue weighted by molar-refractivity contribution is 7.84. The van der Waals surface area contributed by atoms with Crippen molar-refractivity contribution in [1.82, 2.24) is 4.98 Å². The Morgan fingerprint density at radius 3 is 2.41 bits per heavy atom. The number of oxazole rings is 1. The molecule has 5 nitrogen and oxygen atoms in total. The number of aryl methyl sites for hydroxylation is 1. The summed E-state index contributed by atoms with van der Waals surface area (Å²) < 4.78 is 28.7. The average Bonchev–Trinajstić information content (AvgIpc) is 2.95. The third-order valence-electron chi connectivity index (χ3n) is 3.32. The number of methoxy groups -OCH3 is 2. The predicted molar refractivity (Wildman–Crippen MR) is 85.0 cm³/mol. The molecule has 0 saturated heterocycles. The Bertz CT molecular complexity index is 679. The van der Waals surface area contributed by atoms with Crippen LogP contribution in [-0.2, 0) is 16.6 Å². The number of aromatic nitrogens is 1. The van der Waals surface area contributed by atoms with Gasteiger partial charge in [-0.1, -0.05) is 13.8 Å². The molecule has 6 heteroatoms. The van der Waals surface area contributed by atoms with E-state index in [4.69, 9.17) is 13.9 Å². The standard InChI is InChI=1S/C16H21NO4S/c1-10(2)14-8-17-16(21-14)9-22(18)15-7-13(20-5)12(19-4)6-11(15)3/h6-8,10H,9H2,1-5H3. The maximum Gasteiger partial charge on any atom is 0.207 e. The first kappa shape index (κ1) is 16.5. The van der Waals surface area contributed by atoms with Crippen LogP contribution in [0.25, 0.3) is 0 Å². The summed E-state index contributed by atoms with van der Waals surface area (Å²) >= 11 is 0. The lowest BCUT2D eigenvalue weighted by Crippen LogP contribution is -2.01. The van der Waals surface area contributed by atoms with Crippen molar-refractivity contribution in [2.75, 3.05) is 14.2 Å². The molecule has 0 aliphatic heterocycles. The molecule has 22 heavy (non-hydrogen) atoms. The Labute approximate surface area is 133 Å². The third-order valence-corrected chi connectivity index (χ3v) is 4.76. The van der Waals surface area contributed by atoms with Gasteiger partial charge in [0.2, 0.25) is 5.89 Å². The SMILES string of the molecule is COc1cc(C)c(S(=O)Cc2ncc(C(C)C)o2)cc1OC. The van der Waals surface area contributed by atoms with Gasteiger partial charge in [0.1, 0.15) is 11.5 Å². The van der Waals surface area contributed by atoms with Crippen molar-refractivity contribution in [3.8, 4) is 11.5 Å². The third kappa shape index (κ3) is 3.50. The van der Waals surface area contributed by atoms with E-state index >= 15 is 0 Å². The molecule has 2 aromatic rings. The van der Waals surface area contributed by atoms with Gasteiger partial charge in [-0.3, -0.25) is 4.21 Å². The minimum atomic E-state index is -1.26. The first-order valence-electron chi connectivity index (χ1n) is 7.01. The summed E-state index contributed by atoms with van der Waals surface area (Å²) in [4.78, 5) is 4.89. The van der Waals surface area contributed by atoms with E-state index in [-0.39, 0.29) is 11.7 Å². The van der Waals surface area contributed by atoms with Crippen molar-refractivity contribution in [3.63, 3.8) is 0 Å². The van der Waals surface area contributed by atoms with Crippen molar-refractivity contribution in [2.24, 2.45) is 0 Å². The summed E-state index contributed by atoms with van der Waals surface area (Å²) in [6.45, 7) is 5.95. The van der Waals surface area contributed by atoms with Crippen LogP contribution in [0.5, 0.6) is 11.5 Å². The fourth-order valence-corrected chi connectivity index (χ4v) is 3.22. The molecular weight excluding hydrogens is 302 g/mol. The second kappa shape index (κ2) is 6.96. The van der Waals surface area contributed by atoms with E-state index < -0.39 is 10.8 Å². The van der Waals surface area contributed by atoms with Crippen molar-refractivity contribution in [2.45, 2.75) is 37.3 Å². The Morgan fingerprint density at radius 1 is 1.23 bits per heavy atom. The molecule has 0 spiro atoms. The normalized spacial score (nSPS) is 12.5. The first-order chi connectivity index (χ1) is 10.5. The van der Waals surface area contributed by atoms with Crippen molar-refractivity contribution in [1.29, 1.82) is 0 Å². The number of hydrogen-bond acceptors (Lipinski definition) is 5. The van der Waals surface area contributed by atoms with E-state index in [1.807, 2.05) is 26.8 Å². The molecule has 1 heterocycles. The van der Waals surface area contributed by atoms with Gasteiger partial charge in [0, 0.05) is 16.9 Å². The molecule has 1 aromatic carbocycles. The molecule has 0 radical (unpaired) electrons. The molecule has 0 N–H and O–H groups in total. The number of ether oxygens (including phenoxy) is 2. The zero-order valence-electron chi connectivity index (χ0n) is 13.5. The van der Waals surface area contributed by atoms with Crippen LogP contribution in [0, 0.1) is 6.92 Å². The number of nitrogens with zero attached hydrogens (tertiary/aromatic N) is 1. The molecule has 0 fully saturated rings. The maximum absolute atomic E-state index is 12.6. The maximum atomic E-state index is 12.6. The largest absolute Gasteiger partial charge is 0.493 e. The lowest BCUT2D eigenvalue weighted by Gasteiger charge is -2.12. The van der Waals surface area contributed by atoms with E-state index in [0.29, 0.717) is 22.3 Å². The summed E-state index contributed by atoms with van der Waals surface area (Å²) in [5.41, 5.74) is 0.881. The minimum Gasteiger partial charge on any atom is -0.493 e. The van der Waals surface area contributed by atoms with Crippen molar-refractivity contribution in [3.05, 3.63) is 35.5 Å². The monoisotopic (exact) mass is 323 g/mol. The van der Waals surface area contributed by atoms with Gasteiger partial charge in [0.25, 0.3) is 0 Å². The van der Waals surface area contributed by atoms with Gasteiger partial charge in [0.15, 0.2) is 11.5 Å². The van der Waals surface area contributed by atoms with Gasteiger partial charge < -0.3 is 13.9 Å². The van der Waals surface area contributed by atoms with Crippen LogP contribution >= 0.6 is 0 Å². The summed E-state index contributed by atoms with van der Waals surface area (Å²) in [7, 11) is 1.88. The number of benzene rings is 1. The number of rotatable bonds is 6. The summed E-state index contributed by atoms with van der Waals surface area (Å²) in [6, 6.07) is 3.57. The molecule has 0 aliphatic rings. The Morgan fingerprint density at radius 2 is 1.86 bits per heavy atom. The average molecular weight is 323 g/mol. The highest BCUT2D eigenvalue weighted by atomic mass is 32.2. The lowest BCUT2D eigenvalue weighted by atomic mass is 10.2. The quantitative estimate of drug-likeness (QED) is 0.815. The van der Waals surface area contributed by atoms with Gasteiger partial charge in [-0.2, -0.15) is 0 Å². The molecule has 0 saturated carbocycles. The van der Waals surface area contributed by atoms with Crippen LogP contribution in [0.15, 0.2) is 27.6 Å².